The molecule has 1 aliphatic heterocycles. The molecule has 2 aromatic carbocycles. The molecule has 2 heteroatoms. The van der Waals surface area contributed by atoms with Crippen molar-refractivity contribution in [1.29, 1.82) is 0 Å². The maximum Gasteiger partial charge on any atom is 0.140 e. The molecule has 0 saturated carbocycles. The van der Waals surface area contributed by atoms with Gasteiger partial charge in [0.05, 0.1) is 20.6 Å². The molecule has 120 valence electrons. The summed E-state index contributed by atoms with van der Waals surface area (Å²) in [6, 6.07) is 19.3. The van der Waals surface area contributed by atoms with Crippen LogP contribution >= 0.6 is 0 Å². The summed E-state index contributed by atoms with van der Waals surface area (Å²) in [7, 11) is 4.61. The average molecular weight is 308 g/mol. The molecule has 1 heterocycles. The molecule has 1 fully saturated rings. The number of likely N-dealkylation sites (tertiary alicyclic amines) is 1. The Kier molecular flexibility index (Phi) is 4.82. The first-order valence-corrected chi connectivity index (χ1v) is 8.42. The summed E-state index contributed by atoms with van der Waals surface area (Å²) in [6.45, 7) is 2.07. The zero-order valence-corrected chi connectivity index (χ0v) is 14.1. The zero-order chi connectivity index (χ0) is 16.1. The molecule has 1 saturated heterocycles. The third kappa shape index (κ3) is 4.23. The van der Waals surface area contributed by atoms with Crippen LogP contribution < -0.4 is 4.74 Å². The van der Waals surface area contributed by atoms with Gasteiger partial charge in [-0.3, -0.25) is 0 Å². The number of quaternary nitrogens is 1. The van der Waals surface area contributed by atoms with Crippen LogP contribution in [0.1, 0.15) is 24.0 Å². The van der Waals surface area contributed by atoms with Crippen LogP contribution in [0.15, 0.2) is 54.6 Å². The average Bonchev–Trinajstić information content (AvgIpc) is 2.91. The van der Waals surface area contributed by atoms with Crippen LogP contribution in [0.4, 0.5) is 0 Å². The molecule has 0 unspecified atom stereocenters. The minimum Gasteiger partial charge on any atom is -0.487 e. The van der Waals surface area contributed by atoms with Crippen LogP contribution in [-0.2, 0) is 0 Å². The summed E-state index contributed by atoms with van der Waals surface area (Å²) in [6.07, 6.45) is 6.85. The summed E-state index contributed by atoms with van der Waals surface area (Å²) in [5, 5.41) is 0. The minimum absolute atomic E-state index is 0.618. The molecule has 1 aliphatic rings. The third-order valence-electron chi connectivity index (χ3n) is 4.85. The van der Waals surface area contributed by atoms with Crippen molar-refractivity contribution in [2.24, 2.45) is 0 Å². The lowest BCUT2D eigenvalue weighted by molar-refractivity contribution is -0.902. The van der Waals surface area contributed by atoms with E-state index in [1.54, 1.807) is 0 Å². The summed E-state index contributed by atoms with van der Waals surface area (Å²) in [5.74, 6) is 0.966. The van der Waals surface area contributed by atoms with Gasteiger partial charge in [0, 0.05) is 12.8 Å². The van der Waals surface area contributed by atoms with E-state index >= 15 is 0 Å². The van der Waals surface area contributed by atoms with Crippen molar-refractivity contribution < 1.29 is 9.22 Å². The fraction of sp³-hybridized carbons (Fsp3) is 0.333. The number of hydrogen-bond donors (Lipinski definition) is 0. The monoisotopic (exact) mass is 308 g/mol. The normalized spacial score (nSPS) is 20.0. The van der Waals surface area contributed by atoms with Crippen molar-refractivity contribution in [3.63, 3.8) is 0 Å². The molecule has 1 atom stereocenters. The van der Waals surface area contributed by atoms with Gasteiger partial charge >= 0.3 is 0 Å². The Labute approximate surface area is 139 Å². The van der Waals surface area contributed by atoms with E-state index in [1.807, 2.05) is 6.07 Å². The van der Waals surface area contributed by atoms with E-state index in [2.05, 4.69) is 74.8 Å². The second-order valence-corrected chi connectivity index (χ2v) is 6.92. The van der Waals surface area contributed by atoms with E-state index in [4.69, 9.17) is 4.74 Å². The number of benzene rings is 2. The van der Waals surface area contributed by atoms with Gasteiger partial charge in [-0.25, -0.2) is 0 Å². The van der Waals surface area contributed by atoms with Crippen LogP contribution in [-0.4, -0.2) is 37.8 Å². The Hall–Kier alpha value is -2.06. The largest absolute Gasteiger partial charge is 0.487 e. The highest BCUT2D eigenvalue weighted by molar-refractivity contribution is 5.69. The Bertz CT molecular complexity index is 643. The van der Waals surface area contributed by atoms with Crippen LogP contribution in [0.3, 0.4) is 0 Å². The number of hydrogen-bond acceptors (Lipinski definition) is 1. The number of likely N-dealkylation sites (N-methyl/N-ethyl adjacent to an activating group) is 1. The highest BCUT2D eigenvalue weighted by Gasteiger charge is 2.34. The molecule has 0 aromatic heterocycles. The predicted octanol–water partition coefficient (Wildman–Crippen LogP) is 4.47. The molecular weight excluding hydrogens is 282 g/mol. The first-order valence-electron chi connectivity index (χ1n) is 8.42. The summed E-state index contributed by atoms with van der Waals surface area (Å²) >= 11 is 0. The first-order chi connectivity index (χ1) is 11.1. The lowest BCUT2D eigenvalue weighted by Crippen LogP contribution is -2.46. The van der Waals surface area contributed by atoms with Crippen molar-refractivity contribution in [2.45, 2.75) is 18.9 Å². The Morgan fingerprint density at radius 1 is 0.957 bits per heavy atom. The van der Waals surface area contributed by atoms with Crippen molar-refractivity contribution in [3.8, 4) is 5.75 Å². The van der Waals surface area contributed by atoms with Gasteiger partial charge in [-0.1, -0.05) is 54.6 Å². The maximum atomic E-state index is 6.00. The van der Waals surface area contributed by atoms with E-state index in [-0.39, 0.29) is 0 Å². The van der Waals surface area contributed by atoms with Gasteiger partial charge in [-0.05, 0) is 23.3 Å². The Morgan fingerprint density at radius 2 is 1.61 bits per heavy atom. The van der Waals surface area contributed by atoms with Crippen molar-refractivity contribution in [3.05, 3.63) is 65.7 Å². The highest BCUT2D eigenvalue weighted by Crippen LogP contribution is 2.23. The lowest BCUT2D eigenvalue weighted by atomic mass is 10.1. The second kappa shape index (κ2) is 7.01. The van der Waals surface area contributed by atoms with Gasteiger partial charge in [0.1, 0.15) is 18.4 Å². The molecule has 2 nitrogen and oxygen atoms in total. The number of rotatable bonds is 5. The van der Waals surface area contributed by atoms with Crippen LogP contribution in [0.25, 0.3) is 12.2 Å². The number of ether oxygens (including phenoxy) is 1. The smallest absolute Gasteiger partial charge is 0.140 e. The Balaban J connectivity index is 1.56. The third-order valence-corrected chi connectivity index (χ3v) is 4.85. The molecule has 0 bridgehead atoms. The SMILES string of the molecule is C[N+]1(C)CCC[C@H]1COc1ccc(/C=C/c2ccccc2)cc1. The van der Waals surface area contributed by atoms with Crippen LogP contribution in [0.5, 0.6) is 5.75 Å². The Morgan fingerprint density at radius 3 is 2.22 bits per heavy atom. The molecule has 0 spiro atoms. The van der Waals surface area contributed by atoms with E-state index in [0.717, 1.165) is 16.8 Å². The van der Waals surface area contributed by atoms with Crippen molar-refractivity contribution >= 4 is 12.2 Å². The van der Waals surface area contributed by atoms with Crippen molar-refractivity contribution in [2.75, 3.05) is 27.2 Å². The summed E-state index contributed by atoms with van der Waals surface area (Å²) in [4.78, 5) is 0. The second-order valence-electron chi connectivity index (χ2n) is 6.92. The minimum atomic E-state index is 0.618. The lowest BCUT2D eigenvalue weighted by Gasteiger charge is -2.31. The van der Waals surface area contributed by atoms with Crippen LogP contribution in [0, 0.1) is 0 Å². The van der Waals surface area contributed by atoms with Gasteiger partial charge in [0.25, 0.3) is 0 Å². The molecule has 0 N–H and O–H groups in total. The van der Waals surface area contributed by atoms with Gasteiger partial charge in [-0.15, -0.1) is 0 Å². The summed E-state index contributed by atoms with van der Waals surface area (Å²) in [5.41, 5.74) is 2.41. The fourth-order valence-electron chi connectivity index (χ4n) is 3.18. The van der Waals surface area contributed by atoms with Crippen LogP contribution in [0.2, 0.25) is 0 Å². The maximum absolute atomic E-state index is 6.00. The van der Waals surface area contributed by atoms with E-state index in [1.165, 1.54) is 30.5 Å². The standard InChI is InChI=1S/C21H26NO/c1-22(2)16-6-9-20(22)17-23-21-14-12-19(13-15-21)11-10-18-7-4-3-5-8-18/h3-5,7-8,10-15,20H,6,9,16-17H2,1-2H3/q+1/b11-10+/t20-/m0/s1. The predicted molar refractivity (Wildman–Crippen MR) is 97.3 cm³/mol. The van der Waals surface area contributed by atoms with E-state index in [0.29, 0.717) is 6.04 Å². The molecule has 23 heavy (non-hydrogen) atoms. The van der Waals surface area contributed by atoms with Crippen molar-refractivity contribution in [1.82, 2.24) is 0 Å². The number of nitrogens with zero attached hydrogens (tertiary/aromatic N) is 1. The molecule has 0 radical (unpaired) electrons. The quantitative estimate of drug-likeness (QED) is 0.585. The summed E-state index contributed by atoms with van der Waals surface area (Å²) < 4.78 is 7.08. The van der Waals surface area contributed by atoms with E-state index < -0.39 is 0 Å². The molecule has 2 aromatic rings. The van der Waals surface area contributed by atoms with Gasteiger partial charge in [0.2, 0.25) is 0 Å². The van der Waals surface area contributed by atoms with Gasteiger partial charge in [-0.2, -0.15) is 0 Å². The fourth-order valence-corrected chi connectivity index (χ4v) is 3.18. The van der Waals surface area contributed by atoms with Gasteiger partial charge < -0.3 is 9.22 Å². The molecule has 0 amide bonds. The molecular formula is C21H26NO+. The van der Waals surface area contributed by atoms with E-state index in [9.17, 15) is 0 Å². The van der Waals surface area contributed by atoms with Gasteiger partial charge in [0.15, 0.2) is 0 Å². The molecule has 0 aliphatic carbocycles. The first kappa shape index (κ1) is 15.8. The zero-order valence-electron chi connectivity index (χ0n) is 14.1. The molecule has 3 rings (SSSR count). The topological polar surface area (TPSA) is 9.23 Å². The highest BCUT2D eigenvalue weighted by atomic mass is 16.5.